The summed E-state index contributed by atoms with van der Waals surface area (Å²) in [7, 11) is 0. The van der Waals surface area contributed by atoms with E-state index in [-0.39, 0.29) is 18.4 Å². The molecular weight excluding hydrogens is 191 g/mol. The molecule has 0 spiro atoms. The predicted molar refractivity (Wildman–Crippen MR) is 58.9 cm³/mol. The van der Waals surface area contributed by atoms with Gasteiger partial charge < -0.3 is 5.73 Å². The first-order chi connectivity index (χ1) is 7.24. The van der Waals surface area contributed by atoms with Crippen LogP contribution in [0.15, 0.2) is 18.2 Å². The van der Waals surface area contributed by atoms with Gasteiger partial charge in [0, 0.05) is 18.2 Å². The molecule has 0 aliphatic carbocycles. The molecule has 2 rings (SSSR count). The van der Waals surface area contributed by atoms with Crippen LogP contribution in [0.1, 0.15) is 30.5 Å². The normalized spacial score (nSPS) is 18.6. The molecule has 1 unspecified atom stereocenters. The van der Waals surface area contributed by atoms with Gasteiger partial charge in [-0.2, -0.15) is 0 Å². The molecule has 3 heteroatoms. The van der Waals surface area contributed by atoms with E-state index in [2.05, 4.69) is 11.8 Å². The highest BCUT2D eigenvalue weighted by molar-refractivity contribution is 5.31. The number of hydrogen-bond acceptors (Lipinski definition) is 2. The quantitative estimate of drug-likeness (QED) is 0.823. The molecule has 1 aromatic carbocycles. The molecule has 1 heterocycles. The molecule has 1 fully saturated rings. The zero-order chi connectivity index (χ0) is 10.8. The molecule has 2 nitrogen and oxygen atoms in total. The van der Waals surface area contributed by atoms with Gasteiger partial charge in [-0.15, -0.1) is 0 Å². The van der Waals surface area contributed by atoms with Crippen molar-refractivity contribution in [1.29, 1.82) is 0 Å². The highest BCUT2D eigenvalue weighted by Crippen LogP contribution is 2.28. The van der Waals surface area contributed by atoms with Crippen molar-refractivity contribution in [3.63, 3.8) is 0 Å². The van der Waals surface area contributed by atoms with Gasteiger partial charge >= 0.3 is 0 Å². The number of benzene rings is 1. The van der Waals surface area contributed by atoms with E-state index in [1.54, 1.807) is 6.07 Å². The summed E-state index contributed by atoms with van der Waals surface area (Å²) in [6.45, 7) is 4.62. The first kappa shape index (κ1) is 10.6. The number of likely N-dealkylation sites (tertiary alicyclic amines) is 1. The zero-order valence-electron chi connectivity index (χ0n) is 9.04. The molecule has 2 N–H and O–H groups in total. The van der Waals surface area contributed by atoms with Crippen LogP contribution in [0.5, 0.6) is 0 Å². The zero-order valence-corrected chi connectivity index (χ0v) is 9.04. The molecule has 1 aliphatic rings. The van der Waals surface area contributed by atoms with Gasteiger partial charge in [0.05, 0.1) is 0 Å². The third kappa shape index (κ3) is 1.90. The first-order valence-corrected chi connectivity index (χ1v) is 5.45. The summed E-state index contributed by atoms with van der Waals surface area (Å²) in [4.78, 5) is 2.34. The molecule has 0 aromatic heterocycles. The van der Waals surface area contributed by atoms with E-state index in [0.717, 1.165) is 18.7 Å². The first-order valence-electron chi connectivity index (χ1n) is 5.45. The maximum absolute atomic E-state index is 13.5. The molecule has 0 bridgehead atoms. The summed E-state index contributed by atoms with van der Waals surface area (Å²) >= 11 is 0. The van der Waals surface area contributed by atoms with E-state index >= 15 is 0 Å². The number of nitrogens with zero attached hydrogens (tertiary/aromatic N) is 1. The minimum atomic E-state index is -0.178. The Morgan fingerprint density at radius 1 is 1.47 bits per heavy atom. The summed E-state index contributed by atoms with van der Waals surface area (Å²) in [5.74, 6) is -0.178. The van der Waals surface area contributed by atoms with Crippen LogP contribution >= 0.6 is 0 Å². The van der Waals surface area contributed by atoms with Crippen molar-refractivity contribution in [2.24, 2.45) is 5.73 Å². The van der Waals surface area contributed by atoms with Crippen molar-refractivity contribution in [2.45, 2.75) is 25.9 Å². The fraction of sp³-hybridized carbons (Fsp3) is 0.500. The Morgan fingerprint density at radius 3 is 2.73 bits per heavy atom. The van der Waals surface area contributed by atoms with Gasteiger partial charge in [-0.25, -0.2) is 4.39 Å². The molecule has 0 amide bonds. The van der Waals surface area contributed by atoms with E-state index in [9.17, 15) is 4.39 Å². The lowest BCUT2D eigenvalue weighted by Gasteiger charge is -2.37. The van der Waals surface area contributed by atoms with Crippen molar-refractivity contribution in [3.8, 4) is 0 Å². The van der Waals surface area contributed by atoms with Crippen LogP contribution in [0.4, 0.5) is 4.39 Å². The minimum absolute atomic E-state index is 0.178. The Labute approximate surface area is 89.9 Å². The average molecular weight is 208 g/mol. The summed E-state index contributed by atoms with van der Waals surface area (Å²) in [6, 6.07) is 5.51. The van der Waals surface area contributed by atoms with Gasteiger partial charge in [0.2, 0.25) is 0 Å². The van der Waals surface area contributed by atoms with Gasteiger partial charge in [0.25, 0.3) is 0 Å². The van der Waals surface area contributed by atoms with E-state index in [4.69, 9.17) is 5.73 Å². The lowest BCUT2D eigenvalue weighted by atomic mass is 9.97. The van der Waals surface area contributed by atoms with Crippen LogP contribution in [0.2, 0.25) is 0 Å². The lowest BCUT2D eigenvalue weighted by Crippen LogP contribution is -2.39. The summed E-state index contributed by atoms with van der Waals surface area (Å²) in [5.41, 5.74) is 7.29. The molecule has 1 atom stereocenters. The molecule has 0 saturated carbocycles. The average Bonchev–Trinajstić information content (AvgIpc) is 2.14. The van der Waals surface area contributed by atoms with E-state index < -0.39 is 0 Å². The van der Waals surface area contributed by atoms with Crippen molar-refractivity contribution in [2.75, 3.05) is 13.1 Å². The number of rotatable bonds is 3. The highest BCUT2D eigenvalue weighted by atomic mass is 19.1. The van der Waals surface area contributed by atoms with Crippen molar-refractivity contribution >= 4 is 0 Å². The number of halogens is 1. The Kier molecular flexibility index (Phi) is 3.03. The van der Waals surface area contributed by atoms with Crippen molar-refractivity contribution in [1.82, 2.24) is 4.90 Å². The van der Waals surface area contributed by atoms with Crippen LogP contribution in [-0.4, -0.2) is 18.0 Å². The topological polar surface area (TPSA) is 29.3 Å². The monoisotopic (exact) mass is 208 g/mol. The second kappa shape index (κ2) is 4.29. The Bertz CT molecular complexity index is 347. The van der Waals surface area contributed by atoms with Crippen LogP contribution in [-0.2, 0) is 6.54 Å². The third-order valence-electron chi connectivity index (χ3n) is 3.25. The smallest absolute Gasteiger partial charge is 0.128 e. The van der Waals surface area contributed by atoms with E-state index in [1.165, 1.54) is 12.5 Å². The molecule has 1 aliphatic heterocycles. The number of hydrogen-bond donors (Lipinski definition) is 1. The molecule has 1 aromatic rings. The molecule has 15 heavy (non-hydrogen) atoms. The van der Waals surface area contributed by atoms with E-state index in [0.29, 0.717) is 5.56 Å². The van der Waals surface area contributed by atoms with Gasteiger partial charge in [0.1, 0.15) is 5.82 Å². The van der Waals surface area contributed by atoms with Crippen LogP contribution in [0, 0.1) is 5.82 Å². The standard InChI is InChI=1S/C12H17FN2/c1-9(15-6-3-7-15)10-4-2-5-12(13)11(10)8-14/h2,4-5,9H,3,6-8,14H2,1H3. The van der Waals surface area contributed by atoms with Gasteiger partial charge in [0.15, 0.2) is 0 Å². The summed E-state index contributed by atoms with van der Waals surface area (Å²) in [5, 5.41) is 0. The molecule has 1 saturated heterocycles. The largest absolute Gasteiger partial charge is 0.326 e. The maximum atomic E-state index is 13.5. The molecular formula is C12H17FN2. The lowest BCUT2D eigenvalue weighted by molar-refractivity contribution is 0.128. The van der Waals surface area contributed by atoms with Crippen molar-refractivity contribution in [3.05, 3.63) is 35.1 Å². The Balaban J connectivity index is 2.29. The Hall–Kier alpha value is -0.930. The minimum Gasteiger partial charge on any atom is -0.326 e. The van der Waals surface area contributed by atoms with Crippen molar-refractivity contribution < 1.29 is 4.39 Å². The highest BCUT2D eigenvalue weighted by Gasteiger charge is 2.23. The van der Waals surface area contributed by atoms with E-state index in [1.807, 2.05) is 6.07 Å². The Morgan fingerprint density at radius 2 is 2.20 bits per heavy atom. The second-order valence-corrected chi connectivity index (χ2v) is 4.08. The second-order valence-electron chi connectivity index (χ2n) is 4.08. The fourth-order valence-corrected chi connectivity index (χ4v) is 2.11. The van der Waals surface area contributed by atoms with Crippen LogP contribution in [0.3, 0.4) is 0 Å². The summed E-state index contributed by atoms with van der Waals surface area (Å²) < 4.78 is 13.5. The third-order valence-corrected chi connectivity index (χ3v) is 3.25. The van der Waals surface area contributed by atoms with Gasteiger partial charge in [-0.3, -0.25) is 4.90 Å². The summed E-state index contributed by atoms with van der Waals surface area (Å²) in [6.07, 6.45) is 1.25. The molecule has 0 radical (unpaired) electrons. The fourth-order valence-electron chi connectivity index (χ4n) is 2.11. The van der Waals surface area contributed by atoms with Crippen LogP contribution < -0.4 is 5.73 Å². The predicted octanol–water partition coefficient (Wildman–Crippen LogP) is 2.05. The number of nitrogens with two attached hydrogens (primary N) is 1. The van der Waals surface area contributed by atoms with Crippen LogP contribution in [0.25, 0.3) is 0 Å². The maximum Gasteiger partial charge on any atom is 0.128 e. The van der Waals surface area contributed by atoms with Gasteiger partial charge in [-0.05, 0) is 38.1 Å². The molecule has 82 valence electrons. The SMILES string of the molecule is CC(c1cccc(F)c1CN)N1CCC1. The van der Waals surface area contributed by atoms with Gasteiger partial charge in [-0.1, -0.05) is 12.1 Å².